The number of halogens is 1. The van der Waals surface area contributed by atoms with Crippen LogP contribution in [0.1, 0.15) is 24.4 Å². The van der Waals surface area contributed by atoms with Gasteiger partial charge in [-0.25, -0.2) is 4.98 Å². The highest BCUT2D eigenvalue weighted by atomic mass is 79.9. The fourth-order valence-electron chi connectivity index (χ4n) is 2.79. The lowest BCUT2D eigenvalue weighted by Crippen LogP contribution is -2.26. The zero-order chi connectivity index (χ0) is 18.0. The quantitative estimate of drug-likeness (QED) is 0.704. The molecule has 1 N–H and O–H groups in total. The zero-order valence-electron chi connectivity index (χ0n) is 14.4. The van der Waals surface area contributed by atoms with Crippen LogP contribution in [-0.2, 0) is 6.54 Å². The molecule has 0 saturated carbocycles. The van der Waals surface area contributed by atoms with Crippen molar-refractivity contribution in [3.63, 3.8) is 0 Å². The lowest BCUT2D eigenvalue weighted by molar-refractivity contribution is 0.240. The Bertz CT molecular complexity index is 955. The number of hydrogen-bond acceptors (Lipinski definition) is 4. The largest absolute Gasteiger partial charge is 0.496 e. The van der Waals surface area contributed by atoms with Crippen LogP contribution in [0.5, 0.6) is 5.75 Å². The summed E-state index contributed by atoms with van der Waals surface area (Å²) in [5.74, 6) is 1.49. The molecular weight excluding hydrogens is 382 g/mol. The SMILES string of the molecule is COc1ccc(Br)cc1CN(C)C(C)c1nc2ccccc2c(=O)[nH]1. The van der Waals surface area contributed by atoms with Crippen molar-refractivity contribution in [3.8, 4) is 5.75 Å². The molecule has 5 nitrogen and oxygen atoms in total. The Morgan fingerprint density at radius 3 is 2.80 bits per heavy atom. The summed E-state index contributed by atoms with van der Waals surface area (Å²) in [6, 6.07) is 13.2. The number of nitrogens with zero attached hydrogens (tertiary/aromatic N) is 2. The number of aromatic nitrogens is 2. The Balaban J connectivity index is 1.89. The molecule has 1 unspecified atom stereocenters. The molecular formula is C19H20BrN3O2. The van der Waals surface area contributed by atoms with Crippen LogP contribution in [0.15, 0.2) is 51.7 Å². The van der Waals surface area contributed by atoms with Crippen molar-refractivity contribution >= 4 is 26.8 Å². The van der Waals surface area contributed by atoms with E-state index in [0.717, 1.165) is 15.8 Å². The van der Waals surface area contributed by atoms with E-state index in [2.05, 4.69) is 30.8 Å². The Kier molecular flexibility index (Phi) is 5.20. The summed E-state index contributed by atoms with van der Waals surface area (Å²) in [4.78, 5) is 21.9. The smallest absolute Gasteiger partial charge is 0.258 e. The first kappa shape index (κ1) is 17.6. The topological polar surface area (TPSA) is 58.2 Å². The van der Waals surface area contributed by atoms with Gasteiger partial charge in [-0.05, 0) is 44.3 Å². The van der Waals surface area contributed by atoms with Crippen molar-refractivity contribution in [1.82, 2.24) is 14.9 Å². The molecule has 0 spiro atoms. The van der Waals surface area contributed by atoms with Gasteiger partial charge in [0.25, 0.3) is 5.56 Å². The molecule has 0 aliphatic heterocycles. The van der Waals surface area contributed by atoms with Crippen molar-refractivity contribution < 1.29 is 4.74 Å². The van der Waals surface area contributed by atoms with Gasteiger partial charge in [-0.15, -0.1) is 0 Å². The predicted octanol–water partition coefficient (Wildman–Crippen LogP) is 3.89. The first-order chi connectivity index (χ1) is 12.0. The van der Waals surface area contributed by atoms with E-state index in [0.29, 0.717) is 23.3 Å². The van der Waals surface area contributed by atoms with Crippen LogP contribution in [0.25, 0.3) is 10.9 Å². The molecule has 0 aliphatic carbocycles. The van der Waals surface area contributed by atoms with Gasteiger partial charge < -0.3 is 9.72 Å². The molecule has 6 heteroatoms. The third-order valence-electron chi connectivity index (χ3n) is 4.35. The lowest BCUT2D eigenvalue weighted by Gasteiger charge is -2.25. The minimum Gasteiger partial charge on any atom is -0.496 e. The van der Waals surface area contributed by atoms with Crippen LogP contribution in [0.2, 0.25) is 0 Å². The third kappa shape index (κ3) is 3.75. The predicted molar refractivity (Wildman–Crippen MR) is 103 cm³/mol. The molecule has 1 heterocycles. The molecule has 0 fully saturated rings. The van der Waals surface area contributed by atoms with Crippen LogP contribution in [0.3, 0.4) is 0 Å². The van der Waals surface area contributed by atoms with Crippen molar-refractivity contribution in [2.45, 2.75) is 19.5 Å². The van der Waals surface area contributed by atoms with Crippen LogP contribution in [0, 0.1) is 0 Å². The van der Waals surface area contributed by atoms with E-state index in [1.165, 1.54) is 0 Å². The fourth-order valence-corrected chi connectivity index (χ4v) is 3.20. The van der Waals surface area contributed by atoms with Gasteiger partial charge in [-0.2, -0.15) is 0 Å². The zero-order valence-corrected chi connectivity index (χ0v) is 16.0. The molecule has 2 aromatic carbocycles. The van der Waals surface area contributed by atoms with Gasteiger partial charge in [-0.1, -0.05) is 28.1 Å². The van der Waals surface area contributed by atoms with Crippen LogP contribution < -0.4 is 10.3 Å². The van der Waals surface area contributed by atoms with Crippen molar-refractivity contribution in [2.75, 3.05) is 14.2 Å². The number of nitrogens with one attached hydrogen (secondary N) is 1. The number of aromatic amines is 1. The number of ether oxygens (including phenoxy) is 1. The van der Waals surface area contributed by atoms with Gasteiger partial charge >= 0.3 is 0 Å². The number of hydrogen-bond donors (Lipinski definition) is 1. The number of H-pyrrole nitrogens is 1. The van der Waals surface area contributed by atoms with E-state index in [4.69, 9.17) is 4.74 Å². The minimum absolute atomic E-state index is 0.0546. The fraction of sp³-hybridized carbons (Fsp3) is 0.263. The van der Waals surface area contributed by atoms with E-state index in [1.807, 2.05) is 50.4 Å². The number of fused-ring (bicyclic) bond motifs is 1. The third-order valence-corrected chi connectivity index (χ3v) is 4.84. The number of benzene rings is 2. The molecule has 0 amide bonds. The Labute approximate surface area is 154 Å². The summed E-state index contributed by atoms with van der Waals surface area (Å²) in [5.41, 5.74) is 1.66. The maximum atomic E-state index is 12.3. The molecule has 3 aromatic rings. The van der Waals surface area contributed by atoms with E-state index in [1.54, 1.807) is 13.2 Å². The highest BCUT2D eigenvalue weighted by Gasteiger charge is 2.17. The van der Waals surface area contributed by atoms with E-state index in [9.17, 15) is 4.79 Å². The van der Waals surface area contributed by atoms with Gasteiger partial charge in [0.15, 0.2) is 0 Å². The van der Waals surface area contributed by atoms with Gasteiger partial charge in [0.1, 0.15) is 11.6 Å². The van der Waals surface area contributed by atoms with Gasteiger partial charge in [0.05, 0.1) is 24.1 Å². The summed E-state index contributed by atoms with van der Waals surface area (Å²) in [6.07, 6.45) is 0. The standard InChI is InChI=1S/C19H20BrN3O2/c1-12(18-21-16-7-5-4-6-15(16)19(24)22-18)23(2)11-13-10-14(20)8-9-17(13)25-3/h4-10,12H,11H2,1-3H3,(H,21,22,24). The molecule has 3 rings (SSSR count). The normalized spacial score (nSPS) is 12.5. The van der Waals surface area contributed by atoms with Crippen LogP contribution in [0.4, 0.5) is 0 Å². The minimum atomic E-state index is -0.110. The monoisotopic (exact) mass is 401 g/mol. The van der Waals surface area contributed by atoms with Crippen LogP contribution in [-0.4, -0.2) is 29.0 Å². The second-order valence-electron chi connectivity index (χ2n) is 6.02. The number of methoxy groups -OCH3 is 1. The maximum absolute atomic E-state index is 12.3. The molecule has 0 saturated heterocycles. The summed E-state index contributed by atoms with van der Waals surface area (Å²) < 4.78 is 6.44. The maximum Gasteiger partial charge on any atom is 0.258 e. The second kappa shape index (κ2) is 7.37. The molecule has 0 radical (unpaired) electrons. The number of rotatable bonds is 5. The van der Waals surface area contributed by atoms with E-state index < -0.39 is 0 Å². The molecule has 25 heavy (non-hydrogen) atoms. The van der Waals surface area contributed by atoms with Crippen molar-refractivity contribution in [1.29, 1.82) is 0 Å². The summed E-state index contributed by atoms with van der Waals surface area (Å²) in [7, 11) is 3.67. The first-order valence-electron chi connectivity index (χ1n) is 8.01. The highest BCUT2D eigenvalue weighted by Crippen LogP contribution is 2.26. The average molecular weight is 402 g/mol. The Morgan fingerprint density at radius 2 is 2.04 bits per heavy atom. The van der Waals surface area contributed by atoms with E-state index >= 15 is 0 Å². The van der Waals surface area contributed by atoms with Crippen molar-refractivity contribution in [3.05, 3.63) is 68.7 Å². The molecule has 130 valence electrons. The Hall–Kier alpha value is -2.18. The van der Waals surface area contributed by atoms with Gasteiger partial charge in [-0.3, -0.25) is 9.69 Å². The molecule has 1 atom stereocenters. The number of para-hydroxylation sites is 1. The summed E-state index contributed by atoms with van der Waals surface area (Å²) in [6.45, 7) is 2.69. The molecule has 0 bridgehead atoms. The molecule has 0 aliphatic rings. The lowest BCUT2D eigenvalue weighted by atomic mass is 10.1. The molecule has 1 aromatic heterocycles. The average Bonchev–Trinajstić information content (AvgIpc) is 2.61. The second-order valence-corrected chi connectivity index (χ2v) is 6.93. The van der Waals surface area contributed by atoms with Gasteiger partial charge in [0, 0.05) is 16.6 Å². The first-order valence-corrected chi connectivity index (χ1v) is 8.80. The summed E-state index contributed by atoms with van der Waals surface area (Å²) >= 11 is 3.50. The van der Waals surface area contributed by atoms with E-state index in [-0.39, 0.29) is 11.6 Å². The van der Waals surface area contributed by atoms with Crippen molar-refractivity contribution in [2.24, 2.45) is 0 Å². The van der Waals surface area contributed by atoms with Gasteiger partial charge in [0.2, 0.25) is 0 Å². The van der Waals surface area contributed by atoms with Crippen LogP contribution >= 0.6 is 15.9 Å². The highest BCUT2D eigenvalue weighted by molar-refractivity contribution is 9.10. The Morgan fingerprint density at radius 1 is 1.28 bits per heavy atom. The summed E-state index contributed by atoms with van der Waals surface area (Å²) in [5, 5.41) is 0.606.